The van der Waals surface area contributed by atoms with Gasteiger partial charge in [-0.15, -0.1) is 0 Å². The standard InChI is InChI=1S/C16H19ClN2O4S/c17-13-1-3-14(4-2-13)19-9-12(7-15(19)20)16(21)18-8-11-5-6-24(22,23)10-11/h1-4,11-12H,5-10H2,(H,18,21). The Labute approximate surface area is 146 Å². The Morgan fingerprint density at radius 1 is 1.29 bits per heavy atom. The molecule has 0 bridgehead atoms. The molecule has 3 rings (SSSR count). The van der Waals surface area contributed by atoms with Gasteiger partial charge >= 0.3 is 0 Å². The van der Waals surface area contributed by atoms with Crippen molar-refractivity contribution in [3.63, 3.8) is 0 Å². The van der Waals surface area contributed by atoms with E-state index in [0.717, 1.165) is 5.69 Å². The van der Waals surface area contributed by atoms with E-state index in [2.05, 4.69) is 5.32 Å². The van der Waals surface area contributed by atoms with Gasteiger partial charge in [0.2, 0.25) is 11.8 Å². The lowest BCUT2D eigenvalue weighted by Gasteiger charge is -2.17. The second-order valence-corrected chi connectivity index (χ2v) is 9.06. The van der Waals surface area contributed by atoms with Crippen LogP contribution in [0.3, 0.4) is 0 Å². The molecule has 8 heteroatoms. The molecule has 0 spiro atoms. The van der Waals surface area contributed by atoms with Gasteiger partial charge in [0.1, 0.15) is 0 Å². The van der Waals surface area contributed by atoms with Crippen molar-refractivity contribution in [3.05, 3.63) is 29.3 Å². The van der Waals surface area contributed by atoms with Crippen molar-refractivity contribution in [2.24, 2.45) is 11.8 Å². The van der Waals surface area contributed by atoms with Crippen LogP contribution in [0.5, 0.6) is 0 Å². The van der Waals surface area contributed by atoms with Gasteiger partial charge in [0.15, 0.2) is 9.84 Å². The molecule has 1 aromatic rings. The molecule has 2 unspecified atom stereocenters. The minimum Gasteiger partial charge on any atom is -0.355 e. The normalized spacial score (nSPS) is 25.9. The molecule has 130 valence electrons. The molecule has 0 saturated carbocycles. The van der Waals surface area contributed by atoms with Crippen molar-refractivity contribution in [1.82, 2.24) is 5.32 Å². The summed E-state index contributed by atoms with van der Waals surface area (Å²) >= 11 is 5.85. The van der Waals surface area contributed by atoms with E-state index < -0.39 is 15.8 Å². The summed E-state index contributed by atoms with van der Waals surface area (Å²) in [5.74, 6) is -0.396. The lowest BCUT2D eigenvalue weighted by atomic mass is 10.1. The Kier molecular flexibility index (Phi) is 4.83. The third-order valence-corrected chi connectivity index (χ3v) is 6.61. The molecule has 2 saturated heterocycles. The zero-order chi connectivity index (χ0) is 17.3. The molecule has 0 aromatic heterocycles. The van der Waals surface area contributed by atoms with Crippen LogP contribution in [0.2, 0.25) is 5.02 Å². The summed E-state index contributed by atoms with van der Waals surface area (Å²) in [6.07, 6.45) is 0.751. The molecule has 1 aromatic carbocycles. The molecule has 2 heterocycles. The predicted octanol–water partition coefficient (Wildman–Crippen LogP) is 1.24. The van der Waals surface area contributed by atoms with Crippen molar-refractivity contribution >= 4 is 38.9 Å². The number of halogens is 1. The topological polar surface area (TPSA) is 83.5 Å². The molecule has 6 nitrogen and oxygen atoms in total. The van der Waals surface area contributed by atoms with Crippen LogP contribution >= 0.6 is 11.6 Å². The maximum Gasteiger partial charge on any atom is 0.227 e. The Morgan fingerprint density at radius 2 is 2.00 bits per heavy atom. The summed E-state index contributed by atoms with van der Waals surface area (Å²) in [4.78, 5) is 26.0. The lowest BCUT2D eigenvalue weighted by Crippen LogP contribution is -2.36. The first kappa shape index (κ1) is 17.2. The average molecular weight is 371 g/mol. The lowest BCUT2D eigenvalue weighted by molar-refractivity contribution is -0.126. The van der Waals surface area contributed by atoms with Crippen molar-refractivity contribution in [3.8, 4) is 0 Å². The number of nitrogens with one attached hydrogen (secondary N) is 1. The van der Waals surface area contributed by atoms with Crippen LogP contribution in [0.4, 0.5) is 5.69 Å². The first-order valence-corrected chi connectivity index (χ1v) is 10.1. The first-order valence-electron chi connectivity index (χ1n) is 7.88. The monoisotopic (exact) mass is 370 g/mol. The molecule has 2 amide bonds. The van der Waals surface area contributed by atoms with E-state index >= 15 is 0 Å². The van der Waals surface area contributed by atoms with Crippen molar-refractivity contribution in [2.75, 3.05) is 29.5 Å². The van der Waals surface area contributed by atoms with Gasteiger partial charge in [0.25, 0.3) is 0 Å². The number of hydrogen-bond donors (Lipinski definition) is 1. The molecule has 2 aliphatic rings. The van der Waals surface area contributed by atoms with Gasteiger partial charge in [-0.25, -0.2) is 8.42 Å². The zero-order valence-electron chi connectivity index (χ0n) is 13.1. The van der Waals surface area contributed by atoms with E-state index in [-0.39, 0.29) is 35.7 Å². The molecule has 2 fully saturated rings. The predicted molar refractivity (Wildman–Crippen MR) is 91.7 cm³/mol. The zero-order valence-corrected chi connectivity index (χ0v) is 14.6. The van der Waals surface area contributed by atoms with Gasteiger partial charge in [-0.1, -0.05) is 11.6 Å². The first-order chi connectivity index (χ1) is 11.3. The minimum atomic E-state index is -2.94. The molecule has 24 heavy (non-hydrogen) atoms. The number of benzene rings is 1. The van der Waals surface area contributed by atoms with Crippen LogP contribution in [0, 0.1) is 11.8 Å². The third-order valence-electron chi connectivity index (χ3n) is 4.53. The van der Waals surface area contributed by atoms with Crippen LogP contribution in [0.15, 0.2) is 24.3 Å². The van der Waals surface area contributed by atoms with Crippen LogP contribution in [-0.4, -0.2) is 44.8 Å². The van der Waals surface area contributed by atoms with Crippen LogP contribution < -0.4 is 10.2 Å². The van der Waals surface area contributed by atoms with Crippen LogP contribution in [-0.2, 0) is 19.4 Å². The molecule has 0 radical (unpaired) electrons. The van der Waals surface area contributed by atoms with E-state index in [1.54, 1.807) is 29.2 Å². The highest BCUT2D eigenvalue weighted by Crippen LogP contribution is 2.26. The van der Waals surface area contributed by atoms with Crippen molar-refractivity contribution in [1.29, 1.82) is 0 Å². The van der Waals surface area contributed by atoms with E-state index in [0.29, 0.717) is 24.5 Å². The number of nitrogens with zero attached hydrogens (tertiary/aromatic N) is 1. The van der Waals surface area contributed by atoms with Gasteiger partial charge < -0.3 is 10.2 Å². The van der Waals surface area contributed by atoms with E-state index in [9.17, 15) is 18.0 Å². The van der Waals surface area contributed by atoms with E-state index in [4.69, 9.17) is 11.6 Å². The van der Waals surface area contributed by atoms with Gasteiger partial charge in [-0.2, -0.15) is 0 Å². The van der Waals surface area contributed by atoms with Crippen molar-refractivity contribution < 1.29 is 18.0 Å². The summed E-state index contributed by atoms with van der Waals surface area (Å²) in [5.41, 5.74) is 0.724. The fourth-order valence-electron chi connectivity index (χ4n) is 3.18. The molecular weight excluding hydrogens is 352 g/mol. The smallest absolute Gasteiger partial charge is 0.227 e. The van der Waals surface area contributed by atoms with Crippen LogP contribution in [0.1, 0.15) is 12.8 Å². The summed E-state index contributed by atoms with van der Waals surface area (Å²) in [7, 11) is -2.94. The second kappa shape index (κ2) is 6.72. The number of carbonyl (C=O) groups excluding carboxylic acids is 2. The second-order valence-electron chi connectivity index (χ2n) is 6.40. The minimum absolute atomic E-state index is 0.0246. The average Bonchev–Trinajstić information content (AvgIpc) is 3.08. The number of sulfone groups is 1. The largest absolute Gasteiger partial charge is 0.355 e. The molecule has 1 N–H and O–H groups in total. The summed E-state index contributed by atoms with van der Waals surface area (Å²) < 4.78 is 22.9. The highest BCUT2D eigenvalue weighted by atomic mass is 35.5. The highest BCUT2D eigenvalue weighted by Gasteiger charge is 2.36. The number of carbonyl (C=O) groups is 2. The van der Waals surface area contributed by atoms with Crippen molar-refractivity contribution in [2.45, 2.75) is 12.8 Å². The van der Waals surface area contributed by atoms with Gasteiger partial charge in [-0.05, 0) is 36.6 Å². The number of anilines is 1. The van der Waals surface area contributed by atoms with Gasteiger partial charge in [-0.3, -0.25) is 9.59 Å². The number of amides is 2. The number of rotatable bonds is 4. The Bertz CT molecular complexity index is 748. The maximum absolute atomic E-state index is 12.3. The Hall–Kier alpha value is -1.60. The molecule has 2 atom stereocenters. The van der Waals surface area contributed by atoms with E-state index in [1.165, 1.54) is 0 Å². The fraction of sp³-hybridized carbons (Fsp3) is 0.500. The summed E-state index contributed by atoms with van der Waals surface area (Å²) in [6, 6.07) is 6.92. The fourth-order valence-corrected chi connectivity index (χ4v) is 5.16. The summed E-state index contributed by atoms with van der Waals surface area (Å²) in [5, 5.41) is 3.39. The van der Waals surface area contributed by atoms with Gasteiger partial charge in [0.05, 0.1) is 17.4 Å². The SMILES string of the molecule is O=C(NCC1CCS(=O)(=O)C1)C1CC(=O)N(c2ccc(Cl)cc2)C1. The molecule has 2 aliphatic heterocycles. The Balaban J connectivity index is 1.55. The molecule has 0 aliphatic carbocycles. The highest BCUT2D eigenvalue weighted by molar-refractivity contribution is 7.91. The number of hydrogen-bond acceptors (Lipinski definition) is 4. The van der Waals surface area contributed by atoms with Gasteiger partial charge in [0, 0.05) is 30.2 Å². The van der Waals surface area contributed by atoms with E-state index in [1.807, 2.05) is 0 Å². The summed E-state index contributed by atoms with van der Waals surface area (Å²) in [6.45, 7) is 0.680. The molecular formula is C16H19ClN2O4S. The Morgan fingerprint density at radius 3 is 2.62 bits per heavy atom. The van der Waals surface area contributed by atoms with Crippen LogP contribution in [0.25, 0.3) is 0 Å². The maximum atomic E-state index is 12.3. The third kappa shape index (κ3) is 3.89. The quantitative estimate of drug-likeness (QED) is 0.864.